The van der Waals surface area contributed by atoms with Crippen LogP contribution in [-0.4, -0.2) is 22.5 Å². The summed E-state index contributed by atoms with van der Waals surface area (Å²) < 4.78 is 5.59. The van der Waals surface area contributed by atoms with Gasteiger partial charge < -0.3 is 4.74 Å². The van der Waals surface area contributed by atoms with Gasteiger partial charge in [-0.25, -0.2) is 0 Å². The Morgan fingerprint density at radius 3 is 2.40 bits per heavy atom. The topological polar surface area (TPSA) is 9.23 Å². The molecule has 0 amide bonds. The Morgan fingerprint density at radius 1 is 1.40 bits per heavy atom. The van der Waals surface area contributed by atoms with E-state index in [-0.39, 0.29) is 5.60 Å². The highest BCUT2D eigenvalue weighted by Crippen LogP contribution is 2.13. The Morgan fingerprint density at radius 2 is 2.00 bits per heavy atom. The lowest BCUT2D eigenvalue weighted by atomic mass is 10.1. The molecule has 3 radical (unpaired) electrons. The van der Waals surface area contributed by atoms with E-state index in [1.807, 2.05) is 0 Å². The molecule has 0 rings (SSSR count). The summed E-state index contributed by atoms with van der Waals surface area (Å²) in [6.45, 7) is 7.26. The van der Waals surface area contributed by atoms with Gasteiger partial charge >= 0.3 is 0 Å². The zero-order chi connectivity index (χ0) is 8.04. The molecule has 0 atom stereocenters. The monoisotopic (exact) mass is 157 g/mol. The van der Waals surface area contributed by atoms with Crippen molar-refractivity contribution in [3.63, 3.8) is 0 Å². The molecule has 1 nitrogen and oxygen atoms in total. The molecule has 0 fully saturated rings. The third-order valence-corrected chi connectivity index (χ3v) is 2.02. The van der Waals surface area contributed by atoms with Crippen molar-refractivity contribution in [2.24, 2.45) is 0 Å². The Hall–Kier alpha value is 0.177. The average molecular weight is 157 g/mol. The molecule has 2 heteroatoms. The maximum Gasteiger partial charge on any atom is 0.0623 e. The van der Waals surface area contributed by atoms with Gasteiger partial charge in [0.05, 0.1) is 5.60 Å². The van der Waals surface area contributed by atoms with Crippen LogP contribution in [0.25, 0.3) is 0 Å². The molecule has 0 aromatic rings. The second kappa shape index (κ2) is 4.91. The molecular weight excluding hydrogens is 140 g/mol. The van der Waals surface area contributed by atoms with Gasteiger partial charge in [0.25, 0.3) is 0 Å². The first kappa shape index (κ1) is 10.2. The van der Waals surface area contributed by atoms with Crippen molar-refractivity contribution in [1.82, 2.24) is 0 Å². The normalized spacial score (nSPS) is 12.0. The van der Waals surface area contributed by atoms with Gasteiger partial charge in [0, 0.05) is 16.8 Å². The minimum atomic E-state index is 0.0708. The molecule has 0 saturated heterocycles. The molecule has 0 aliphatic rings. The highest BCUT2D eigenvalue weighted by molar-refractivity contribution is 6.08. The van der Waals surface area contributed by atoms with E-state index in [4.69, 9.17) is 4.74 Å². The van der Waals surface area contributed by atoms with Crippen LogP contribution in [0.3, 0.4) is 0 Å². The highest BCUT2D eigenvalue weighted by atomic mass is 28.1. The van der Waals surface area contributed by atoms with E-state index in [1.165, 1.54) is 0 Å². The standard InChI is InChI=1S/C8H17OSi/c1-4-8(2,3)9-6-5-7-10/h4-7H2,1-3H3. The zero-order valence-corrected chi connectivity index (χ0v) is 8.24. The molecule has 0 unspecified atom stereocenters. The minimum Gasteiger partial charge on any atom is -0.376 e. The summed E-state index contributed by atoms with van der Waals surface area (Å²) in [4.78, 5) is 0. The van der Waals surface area contributed by atoms with Crippen LogP contribution in [0, 0.1) is 0 Å². The summed E-state index contributed by atoms with van der Waals surface area (Å²) in [5.41, 5.74) is 0.0708. The van der Waals surface area contributed by atoms with Crippen LogP contribution >= 0.6 is 0 Å². The summed E-state index contributed by atoms with van der Waals surface area (Å²) >= 11 is 0. The van der Waals surface area contributed by atoms with Crippen LogP contribution in [0.1, 0.15) is 33.6 Å². The van der Waals surface area contributed by atoms with E-state index in [1.54, 1.807) is 0 Å². The molecule has 0 N–H and O–H groups in total. The van der Waals surface area contributed by atoms with E-state index in [0.717, 1.165) is 25.5 Å². The first-order valence-electron chi connectivity index (χ1n) is 3.91. The average Bonchev–Trinajstić information content (AvgIpc) is 1.89. The third kappa shape index (κ3) is 5.00. The van der Waals surface area contributed by atoms with Gasteiger partial charge in [0.1, 0.15) is 0 Å². The van der Waals surface area contributed by atoms with Crippen LogP contribution in [0.2, 0.25) is 6.04 Å². The molecule has 59 valence electrons. The SMILES string of the molecule is CCC(C)(C)OCCC[Si]. The van der Waals surface area contributed by atoms with E-state index < -0.39 is 0 Å². The Labute approximate surface area is 67.6 Å². The number of ether oxygens (including phenoxy) is 1. The van der Waals surface area contributed by atoms with Crippen molar-refractivity contribution >= 4 is 10.2 Å². The fourth-order valence-electron chi connectivity index (χ4n) is 0.523. The first-order chi connectivity index (χ1) is 4.62. The molecule has 0 aromatic carbocycles. The van der Waals surface area contributed by atoms with Crippen LogP contribution < -0.4 is 0 Å². The summed E-state index contributed by atoms with van der Waals surface area (Å²) in [7, 11) is 3.40. The molecule has 0 heterocycles. The van der Waals surface area contributed by atoms with Crippen LogP contribution in [0.15, 0.2) is 0 Å². The molecule has 0 aromatic heterocycles. The quantitative estimate of drug-likeness (QED) is 0.439. The van der Waals surface area contributed by atoms with Crippen molar-refractivity contribution in [3.05, 3.63) is 0 Å². The lowest BCUT2D eigenvalue weighted by molar-refractivity contribution is -0.0194. The molecule has 10 heavy (non-hydrogen) atoms. The minimum absolute atomic E-state index is 0.0708. The predicted molar refractivity (Wildman–Crippen MR) is 45.5 cm³/mol. The molecule has 0 saturated carbocycles. The molecule has 0 bridgehead atoms. The summed E-state index contributed by atoms with van der Waals surface area (Å²) in [5, 5.41) is 0. The summed E-state index contributed by atoms with van der Waals surface area (Å²) in [6, 6.07) is 1.03. The van der Waals surface area contributed by atoms with Gasteiger partial charge in [-0.2, -0.15) is 0 Å². The molecule has 0 spiro atoms. The van der Waals surface area contributed by atoms with Crippen molar-refractivity contribution in [2.45, 2.75) is 45.3 Å². The van der Waals surface area contributed by atoms with E-state index in [9.17, 15) is 0 Å². The maximum absolute atomic E-state index is 5.59. The summed E-state index contributed by atoms with van der Waals surface area (Å²) in [6.07, 6.45) is 2.18. The fraction of sp³-hybridized carbons (Fsp3) is 1.00. The second-order valence-corrected chi connectivity index (χ2v) is 3.57. The van der Waals surface area contributed by atoms with E-state index >= 15 is 0 Å². The zero-order valence-electron chi connectivity index (χ0n) is 7.24. The molecular formula is C8H17OSi. The van der Waals surface area contributed by atoms with Gasteiger partial charge in [-0.15, -0.1) is 0 Å². The fourth-order valence-corrected chi connectivity index (χ4v) is 0.667. The van der Waals surface area contributed by atoms with Gasteiger partial charge in [0.15, 0.2) is 0 Å². The van der Waals surface area contributed by atoms with Crippen LogP contribution in [0.5, 0.6) is 0 Å². The van der Waals surface area contributed by atoms with E-state index in [2.05, 4.69) is 31.0 Å². The Kier molecular flexibility index (Phi) is 5.00. The Bertz CT molecular complexity index is 81.3. The Balaban J connectivity index is 3.28. The largest absolute Gasteiger partial charge is 0.376 e. The first-order valence-corrected chi connectivity index (χ1v) is 4.61. The van der Waals surface area contributed by atoms with Crippen LogP contribution in [0.4, 0.5) is 0 Å². The van der Waals surface area contributed by atoms with Gasteiger partial charge in [-0.1, -0.05) is 13.0 Å². The maximum atomic E-state index is 5.59. The molecule has 0 aliphatic carbocycles. The number of hydrogen-bond donors (Lipinski definition) is 0. The van der Waals surface area contributed by atoms with Crippen molar-refractivity contribution in [1.29, 1.82) is 0 Å². The number of rotatable bonds is 5. The lowest BCUT2D eigenvalue weighted by Crippen LogP contribution is -2.23. The van der Waals surface area contributed by atoms with E-state index in [0.29, 0.717) is 0 Å². The van der Waals surface area contributed by atoms with Gasteiger partial charge in [-0.05, 0) is 26.7 Å². The highest BCUT2D eigenvalue weighted by Gasteiger charge is 2.13. The predicted octanol–water partition coefficient (Wildman–Crippen LogP) is 2.17. The van der Waals surface area contributed by atoms with Gasteiger partial charge in [0.2, 0.25) is 0 Å². The van der Waals surface area contributed by atoms with Gasteiger partial charge in [-0.3, -0.25) is 0 Å². The van der Waals surface area contributed by atoms with Crippen LogP contribution in [-0.2, 0) is 4.74 Å². The van der Waals surface area contributed by atoms with Crippen molar-refractivity contribution in [2.75, 3.05) is 6.61 Å². The second-order valence-electron chi connectivity index (χ2n) is 3.07. The third-order valence-electron chi connectivity index (χ3n) is 1.67. The summed E-state index contributed by atoms with van der Waals surface area (Å²) in [5.74, 6) is 0. The smallest absolute Gasteiger partial charge is 0.0623 e. The van der Waals surface area contributed by atoms with Crippen molar-refractivity contribution in [3.8, 4) is 0 Å². The lowest BCUT2D eigenvalue weighted by Gasteiger charge is -2.23. The molecule has 0 aliphatic heterocycles. The van der Waals surface area contributed by atoms with Crippen molar-refractivity contribution < 1.29 is 4.74 Å². The number of hydrogen-bond acceptors (Lipinski definition) is 1.